The minimum absolute atomic E-state index is 0.0238. The fourth-order valence-electron chi connectivity index (χ4n) is 5.11. The number of rotatable bonds is 7. The number of piperidine rings is 1. The zero-order valence-electron chi connectivity index (χ0n) is 19.6. The quantitative estimate of drug-likeness (QED) is 0.664. The monoisotopic (exact) mass is 451 g/mol. The molecule has 0 unspecified atom stereocenters. The molecule has 2 N–H and O–H groups in total. The zero-order chi connectivity index (χ0) is 23.4. The average Bonchev–Trinajstić information content (AvgIpc) is 3.25. The normalized spacial score (nSPS) is 20.5. The van der Waals surface area contributed by atoms with Crippen LogP contribution in [0.15, 0.2) is 42.5 Å². The van der Waals surface area contributed by atoms with E-state index in [4.69, 9.17) is 0 Å². The summed E-state index contributed by atoms with van der Waals surface area (Å²) in [5.74, 6) is -0.504. The van der Waals surface area contributed by atoms with Gasteiger partial charge in [0.25, 0.3) is 0 Å². The first-order chi connectivity index (χ1) is 15.9. The summed E-state index contributed by atoms with van der Waals surface area (Å²) < 4.78 is 13.4. The molecule has 1 fully saturated rings. The van der Waals surface area contributed by atoms with E-state index in [2.05, 4.69) is 41.5 Å². The van der Waals surface area contributed by atoms with Crippen molar-refractivity contribution in [3.63, 3.8) is 0 Å². The van der Waals surface area contributed by atoms with Crippen LogP contribution in [0.3, 0.4) is 0 Å². The Labute approximate surface area is 195 Å². The van der Waals surface area contributed by atoms with Gasteiger partial charge in [-0.05, 0) is 72.6 Å². The second kappa shape index (κ2) is 10.5. The molecular formula is C27H34FN3O2. The molecule has 0 aromatic heterocycles. The summed E-state index contributed by atoms with van der Waals surface area (Å²) in [6.07, 6.45) is 3.87. The van der Waals surface area contributed by atoms with Gasteiger partial charge in [0.1, 0.15) is 5.82 Å². The van der Waals surface area contributed by atoms with E-state index in [-0.39, 0.29) is 36.0 Å². The lowest BCUT2D eigenvalue weighted by molar-refractivity contribution is -0.130. The number of likely N-dealkylation sites (tertiary alicyclic amines) is 1. The van der Waals surface area contributed by atoms with Crippen LogP contribution < -0.4 is 10.6 Å². The molecule has 0 radical (unpaired) electrons. The van der Waals surface area contributed by atoms with Crippen molar-refractivity contribution in [3.8, 4) is 0 Å². The number of nitrogens with zero attached hydrogens (tertiary/aromatic N) is 1. The molecule has 1 aliphatic heterocycles. The third-order valence-electron chi connectivity index (χ3n) is 6.61. The third kappa shape index (κ3) is 6.20. The lowest BCUT2D eigenvalue weighted by Crippen LogP contribution is -2.50. The first-order valence-electron chi connectivity index (χ1n) is 12.0. The van der Waals surface area contributed by atoms with Gasteiger partial charge < -0.3 is 15.5 Å². The maximum atomic E-state index is 13.4. The number of halogens is 1. The highest BCUT2D eigenvalue weighted by Crippen LogP contribution is 2.27. The SMILES string of the molecule is CC(C)CN1C[C@@H](C(=O)NCc2cccc(F)c2)C[C@@H](C(=O)Nc2ccc3c(c2)CCC3)C1. The van der Waals surface area contributed by atoms with Gasteiger partial charge in [-0.3, -0.25) is 9.59 Å². The summed E-state index contributed by atoms with van der Waals surface area (Å²) in [5.41, 5.74) is 4.27. The predicted octanol–water partition coefficient (Wildman–Crippen LogP) is 4.16. The van der Waals surface area contributed by atoms with Gasteiger partial charge in [0.2, 0.25) is 11.8 Å². The fourth-order valence-corrected chi connectivity index (χ4v) is 5.11. The highest BCUT2D eigenvalue weighted by molar-refractivity contribution is 5.93. The van der Waals surface area contributed by atoms with E-state index >= 15 is 0 Å². The largest absolute Gasteiger partial charge is 0.352 e. The first kappa shape index (κ1) is 23.4. The predicted molar refractivity (Wildman–Crippen MR) is 128 cm³/mol. The van der Waals surface area contributed by atoms with Crippen molar-refractivity contribution in [1.82, 2.24) is 10.2 Å². The van der Waals surface area contributed by atoms with Gasteiger partial charge in [-0.15, -0.1) is 0 Å². The smallest absolute Gasteiger partial charge is 0.228 e. The second-order valence-corrected chi connectivity index (χ2v) is 9.92. The Morgan fingerprint density at radius 1 is 1.03 bits per heavy atom. The maximum absolute atomic E-state index is 13.4. The minimum atomic E-state index is -0.314. The third-order valence-corrected chi connectivity index (χ3v) is 6.61. The molecule has 4 rings (SSSR count). The molecule has 33 heavy (non-hydrogen) atoms. The number of hydrogen-bond donors (Lipinski definition) is 2. The zero-order valence-corrected chi connectivity index (χ0v) is 19.6. The van der Waals surface area contributed by atoms with Gasteiger partial charge in [-0.25, -0.2) is 4.39 Å². The first-order valence-corrected chi connectivity index (χ1v) is 12.0. The fraction of sp³-hybridized carbons (Fsp3) is 0.481. The average molecular weight is 452 g/mol. The van der Waals surface area contributed by atoms with Gasteiger partial charge in [-0.1, -0.05) is 32.0 Å². The van der Waals surface area contributed by atoms with E-state index in [1.807, 2.05) is 6.07 Å². The van der Waals surface area contributed by atoms with Crippen molar-refractivity contribution in [2.24, 2.45) is 17.8 Å². The maximum Gasteiger partial charge on any atom is 0.228 e. The number of carbonyl (C=O) groups is 2. The van der Waals surface area contributed by atoms with Crippen molar-refractivity contribution in [3.05, 3.63) is 65.0 Å². The standard InChI is InChI=1S/C27H34FN3O2/c1-18(2)15-31-16-22(26(32)29-14-19-5-3-8-24(28)11-19)12-23(17-31)27(33)30-25-10-9-20-6-4-7-21(20)13-25/h3,5,8-11,13,18,22-23H,4,6-7,12,14-17H2,1-2H3,(H,29,32)(H,30,33)/t22-,23+/m0/s1. The molecule has 0 bridgehead atoms. The van der Waals surface area contributed by atoms with Crippen LogP contribution >= 0.6 is 0 Å². The molecule has 2 aromatic carbocycles. The Balaban J connectivity index is 1.41. The Kier molecular flexibility index (Phi) is 7.43. The van der Waals surface area contributed by atoms with Gasteiger partial charge >= 0.3 is 0 Å². The molecule has 6 heteroatoms. The highest BCUT2D eigenvalue weighted by atomic mass is 19.1. The van der Waals surface area contributed by atoms with E-state index in [1.165, 1.54) is 29.7 Å². The number of benzene rings is 2. The van der Waals surface area contributed by atoms with Crippen molar-refractivity contribution in [1.29, 1.82) is 0 Å². The van der Waals surface area contributed by atoms with Crippen molar-refractivity contribution >= 4 is 17.5 Å². The number of anilines is 1. The molecule has 2 amide bonds. The number of fused-ring (bicyclic) bond motifs is 1. The number of nitrogens with one attached hydrogen (secondary N) is 2. The van der Waals surface area contributed by atoms with Gasteiger partial charge in [0, 0.05) is 31.9 Å². The topological polar surface area (TPSA) is 61.4 Å². The van der Waals surface area contributed by atoms with E-state index in [0.29, 0.717) is 25.4 Å². The highest BCUT2D eigenvalue weighted by Gasteiger charge is 2.35. The van der Waals surface area contributed by atoms with E-state index in [9.17, 15) is 14.0 Å². The van der Waals surface area contributed by atoms with E-state index in [0.717, 1.165) is 30.6 Å². The Hall–Kier alpha value is -2.73. The molecular weight excluding hydrogens is 417 g/mol. The van der Waals surface area contributed by atoms with Crippen LogP contribution in [-0.4, -0.2) is 36.3 Å². The Bertz CT molecular complexity index is 1010. The van der Waals surface area contributed by atoms with Crippen molar-refractivity contribution < 1.29 is 14.0 Å². The lowest BCUT2D eigenvalue weighted by Gasteiger charge is -2.37. The molecule has 2 aromatic rings. The van der Waals surface area contributed by atoms with Crippen LogP contribution in [0, 0.1) is 23.6 Å². The molecule has 5 nitrogen and oxygen atoms in total. The number of amides is 2. The Morgan fingerprint density at radius 2 is 1.79 bits per heavy atom. The number of aryl methyl sites for hydroxylation is 2. The molecule has 1 aliphatic carbocycles. The lowest BCUT2D eigenvalue weighted by atomic mass is 9.87. The van der Waals surface area contributed by atoms with E-state index in [1.54, 1.807) is 12.1 Å². The summed E-state index contributed by atoms with van der Waals surface area (Å²) in [6, 6.07) is 12.5. The van der Waals surface area contributed by atoms with Crippen LogP contribution in [-0.2, 0) is 29.0 Å². The molecule has 2 atom stereocenters. The van der Waals surface area contributed by atoms with Crippen molar-refractivity contribution in [2.45, 2.75) is 46.1 Å². The van der Waals surface area contributed by atoms with E-state index < -0.39 is 0 Å². The van der Waals surface area contributed by atoms with Crippen LogP contribution in [0.4, 0.5) is 10.1 Å². The van der Waals surface area contributed by atoms with Gasteiger partial charge in [0.05, 0.1) is 11.8 Å². The summed E-state index contributed by atoms with van der Waals surface area (Å²) in [6.45, 7) is 6.71. The van der Waals surface area contributed by atoms with Crippen LogP contribution in [0.25, 0.3) is 0 Å². The second-order valence-electron chi connectivity index (χ2n) is 9.92. The molecule has 176 valence electrons. The number of carbonyl (C=O) groups excluding carboxylic acids is 2. The van der Waals surface area contributed by atoms with Crippen molar-refractivity contribution in [2.75, 3.05) is 25.0 Å². The summed E-state index contributed by atoms with van der Waals surface area (Å²) in [4.78, 5) is 28.4. The summed E-state index contributed by atoms with van der Waals surface area (Å²) >= 11 is 0. The van der Waals surface area contributed by atoms with Crippen LogP contribution in [0.5, 0.6) is 0 Å². The molecule has 1 saturated heterocycles. The van der Waals surface area contributed by atoms with Gasteiger partial charge in [0.15, 0.2) is 0 Å². The summed E-state index contributed by atoms with van der Waals surface area (Å²) in [7, 11) is 0. The molecule has 2 aliphatic rings. The Morgan fingerprint density at radius 3 is 2.55 bits per heavy atom. The van der Waals surface area contributed by atoms with Crippen LogP contribution in [0.2, 0.25) is 0 Å². The minimum Gasteiger partial charge on any atom is -0.352 e. The molecule has 0 spiro atoms. The van der Waals surface area contributed by atoms with Gasteiger partial charge in [-0.2, -0.15) is 0 Å². The number of hydrogen-bond acceptors (Lipinski definition) is 3. The van der Waals surface area contributed by atoms with Crippen LogP contribution in [0.1, 0.15) is 43.4 Å². The molecule has 1 heterocycles. The molecule has 0 saturated carbocycles. The summed E-state index contributed by atoms with van der Waals surface area (Å²) in [5, 5.41) is 6.04.